The van der Waals surface area contributed by atoms with Gasteiger partial charge in [0.2, 0.25) is 0 Å². The van der Waals surface area contributed by atoms with Crippen molar-refractivity contribution in [2.75, 3.05) is 0 Å². The van der Waals surface area contributed by atoms with Crippen LogP contribution in [-0.2, 0) is 0 Å². The third-order valence-electron chi connectivity index (χ3n) is 1.27. The summed E-state index contributed by atoms with van der Waals surface area (Å²) >= 11 is 22.1. The van der Waals surface area contributed by atoms with E-state index in [0.717, 1.165) is 6.07 Å². The minimum absolute atomic E-state index is 0.0438. The molecule has 0 spiro atoms. The van der Waals surface area contributed by atoms with E-state index in [1.807, 2.05) is 0 Å². The Hall–Kier alpha value is 0.310. The molecule has 1 aromatic rings. The van der Waals surface area contributed by atoms with E-state index in [1.54, 1.807) is 0 Å². The van der Waals surface area contributed by atoms with Crippen LogP contribution < -0.4 is 0 Å². The first-order valence-electron chi connectivity index (χ1n) is 2.95. The topological polar surface area (TPSA) is 0 Å². The molecule has 66 valence electrons. The number of halogens is 5. The second-order valence-electron chi connectivity index (χ2n) is 2.09. The minimum atomic E-state index is -0.843. The highest BCUT2D eigenvalue weighted by Gasteiger charge is 2.12. The quantitative estimate of drug-likeness (QED) is 0.502. The van der Waals surface area contributed by atoms with Gasteiger partial charge in [0.05, 0.1) is 5.02 Å². The fraction of sp³-hybridized carbons (Fsp3) is 0.143. The third-order valence-corrected chi connectivity index (χ3v) is 2.36. The molecule has 1 aromatic carbocycles. The van der Waals surface area contributed by atoms with E-state index in [-0.39, 0.29) is 10.0 Å². The lowest BCUT2D eigenvalue weighted by molar-refractivity contribution is 0.626. The van der Waals surface area contributed by atoms with Crippen molar-refractivity contribution in [2.24, 2.45) is 0 Å². The van der Waals surface area contributed by atoms with Gasteiger partial charge in [-0.25, -0.2) is 4.39 Å². The molecule has 0 heterocycles. The van der Waals surface area contributed by atoms with E-state index < -0.39 is 10.7 Å². The molecule has 0 N–H and O–H groups in total. The molecular weight excluding hydrogens is 245 g/mol. The van der Waals surface area contributed by atoms with Crippen LogP contribution >= 0.6 is 46.4 Å². The van der Waals surface area contributed by atoms with Gasteiger partial charge in [0.15, 0.2) is 0 Å². The second-order valence-corrected chi connectivity index (χ2v) is 4.00. The smallest absolute Gasteiger partial charge is 0.142 e. The van der Waals surface area contributed by atoms with Crippen molar-refractivity contribution in [3.05, 3.63) is 33.6 Å². The Balaban J connectivity index is 3.23. The van der Waals surface area contributed by atoms with E-state index in [9.17, 15) is 4.39 Å². The molecule has 0 aliphatic heterocycles. The molecule has 0 nitrogen and oxygen atoms in total. The van der Waals surface area contributed by atoms with E-state index in [0.29, 0.717) is 5.56 Å². The zero-order valence-corrected chi connectivity index (χ0v) is 8.65. The molecule has 0 bridgehead atoms. The van der Waals surface area contributed by atoms with E-state index in [1.165, 1.54) is 6.07 Å². The SMILES string of the molecule is Fc1cc(C(Cl)Cl)c(Cl)cc1Cl. The van der Waals surface area contributed by atoms with Crippen molar-refractivity contribution in [1.82, 2.24) is 0 Å². The summed E-state index contributed by atoms with van der Waals surface area (Å²) < 4.78 is 12.8. The average molecular weight is 248 g/mol. The summed E-state index contributed by atoms with van der Waals surface area (Å²) in [6.45, 7) is 0. The average Bonchev–Trinajstić information content (AvgIpc) is 1.96. The van der Waals surface area contributed by atoms with Crippen LogP contribution in [0.25, 0.3) is 0 Å². The molecule has 0 aliphatic carbocycles. The Kier molecular flexibility index (Phi) is 3.47. The van der Waals surface area contributed by atoms with Gasteiger partial charge in [0, 0.05) is 10.6 Å². The molecule has 0 unspecified atom stereocenters. The number of rotatable bonds is 1. The summed E-state index contributed by atoms with van der Waals surface area (Å²) in [5, 5.41) is 0.217. The monoisotopic (exact) mass is 246 g/mol. The number of hydrogen-bond donors (Lipinski definition) is 0. The van der Waals surface area contributed by atoms with Crippen LogP contribution in [0.3, 0.4) is 0 Å². The van der Waals surface area contributed by atoms with E-state index in [4.69, 9.17) is 46.4 Å². The van der Waals surface area contributed by atoms with Gasteiger partial charge in [-0.05, 0) is 12.1 Å². The number of hydrogen-bond acceptors (Lipinski definition) is 0. The van der Waals surface area contributed by atoms with Gasteiger partial charge in [0.25, 0.3) is 0 Å². The fourth-order valence-corrected chi connectivity index (χ4v) is 1.67. The summed E-state index contributed by atoms with van der Waals surface area (Å²) in [5.41, 5.74) is 0.321. The van der Waals surface area contributed by atoms with Gasteiger partial charge in [-0.1, -0.05) is 23.2 Å². The van der Waals surface area contributed by atoms with Crippen LogP contribution in [0.4, 0.5) is 4.39 Å². The van der Waals surface area contributed by atoms with Crippen molar-refractivity contribution < 1.29 is 4.39 Å². The maximum Gasteiger partial charge on any atom is 0.142 e. The second kappa shape index (κ2) is 4.01. The molecule has 1 rings (SSSR count). The fourth-order valence-electron chi connectivity index (χ4n) is 0.705. The van der Waals surface area contributed by atoms with Crippen LogP contribution in [0.15, 0.2) is 12.1 Å². The molecular formula is C7H3Cl4F. The highest BCUT2D eigenvalue weighted by Crippen LogP contribution is 2.33. The van der Waals surface area contributed by atoms with Crippen molar-refractivity contribution in [3.8, 4) is 0 Å². The van der Waals surface area contributed by atoms with Crippen molar-refractivity contribution in [2.45, 2.75) is 4.84 Å². The zero-order valence-electron chi connectivity index (χ0n) is 5.62. The highest BCUT2D eigenvalue weighted by molar-refractivity contribution is 6.45. The molecule has 0 aliphatic rings. The van der Waals surface area contributed by atoms with Crippen LogP contribution in [0.2, 0.25) is 10.0 Å². The van der Waals surface area contributed by atoms with Crippen molar-refractivity contribution >= 4 is 46.4 Å². The zero-order chi connectivity index (χ0) is 9.30. The van der Waals surface area contributed by atoms with Gasteiger partial charge < -0.3 is 0 Å². The molecule has 0 saturated heterocycles. The van der Waals surface area contributed by atoms with Crippen molar-refractivity contribution in [3.63, 3.8) is 0 Å². The van der Waals surface area contributed by atoms with E-state index in [2.05, 4.69) is 0 Å². The van der Waals surface area contributed by atoms with Crippen LogP contribution in [0.1, 0.15) is 10.4 Å². The Bertz CT molecular complexity index is 298. The molecule has 0 fully saturated rings. The lowest BCUT2D eigenvalue weighted by atomic mass is 10.2. The Morgan fingerprint density at radius 1 is 1.08 bits per heavy atom. The minimum Gasteiger partial charge on any atom is -0.205 e. The predicted molar refractivity (Wildman–Crippen MR) is 50.9 cm³/mol. The van der Waals surface area contributed by atoms with Crippen LogP contribution in [-0.4, -0.2) is 0 Å². The van der Waals surface area contributed by atoms with Gasteiger partial charge in [-0.2, -0.15) is 0 Å². The Morgan fingerprint density at radius 3 is 2.17 bits per heavy atom. The number of alkyl halides is 2. The molecule has 0 amide bonds. The summed E-state index contributed by atoms with van der Waals surface area (Å²) in [7, 11) is 0. The highest BCUT2D eigenvalue weighted by atomic mass is 35.5. The summed E-state index contributed by atoms with van der Waals surface area (Å²) in [4.78, 5) is -0.843. The molecule has 5 heteroatoms. The van der Waals surface area contributed by atoms with Crippen molar-refractivity contribution in [1.29, 1.82) is 0 Å². The summed E-state index contributed by atoms with van der Waals surface area (Å²) in [5.74, 6) is -0.581. The summed E-state index contributed by atoms with van der Waals surface area (Å²) in [6, 6.07) is 2.39. The number of benzene rings is 1. The first kappa shape index (κ1) is 10.4. The van der Waals surface area contributed by atoms with Crippen LogP contribution in [0, 0.1) is 5.82 Å². The lowest BCUT2D eigenvalue weighted by Crippen LogP contribution is -1.87. The first-order chi connectivity index (χ1) is 5.52. The normalized spacial score (nSPS) is 10.8. The van der Waals surface area contributed by atoms with Gasteiger partial charge in [-0.3, -0.25) is 0 Å². The molecule has 12 heavy (non-hydrogen) atoms. The molecule has 0 saturated carbocycles. The Labute approximate surface area is 89.2 Å². The largest absolute Gasteiger partial charge is 0.205 e. The first-order valence-corrected chi connectivity index (χ1v) is 4.58. The molecule has 0 radical (unpaired) electrons. The maximum absolute atomic E-state index is 12.8. The Morgan fingerprint density at radius 2 is 1.67 bits per heavy atom. The molecule has 0 atom stereocenters. The van der Waals surface area contributed by atoms with Gasteiger partial charge >= 0.3 is 0 Å². The standard InChI is InChI=1S/C7H3Cl4F/c8-4-2-5(9)6(12)1-3(4)7(10)11/h1-2,7H. The maximum atomic E-state index is 12.8. The third kappa shape index (κ3) is 2.17. The van der Waals surface area contributed by atoms with Gasteiger partial charge in [0.1, 0.15) is 10.7 Å². The van der Waals surface area contributed by atoms with E-state index >= 15 is 0 Å². The summed E-state index contributed by atoms with van der Waals surface area (Å²) in [6.07, 6.45) is 0. The predicted octanol–water partition coefficient (Wildman–Crippen LogP) is 4.61. The molecule has 0 aromatic heterocycles. The van der Waals surface area contributed by atoms with Gasteiger partial charge in [-0.15, -0.1) is 23.2 Å². The lowest BCUT2D eigenvalue weighted by Gasteiger charge is -2.05. The van der Waals surface area contributed by atoms with Crippen LogP contribution in [0.5, 0.6) is 0 Å².